The molecule has 0 aromatic heterocycles. The Morgan fingerprint density at radius 3 is 2.74 bits per heavy atom. The molecular formula is C27H32INO5. The SMILES string of the molecule is COc1ccc2c3c1O[C@]1(CI)C(OC)[C@@](C)(C=O)CC4C5(C2)CC5(NC(=O)C2CC2)CC[C@@]341. The van der Waals surface area contributed by atoms with Crippen LogP contribution in [0.1, 0.15) is 56.6 Å². The highest BCUT2D eigenvalue weighted by atomic mass is 127. The average molecular weight is 577 g/mol. The topological polar surface area (TPSA) is 73.9 Å². The van der Waals surface area contributed by atoms with E-state index in [1.54, 1.807) is 14.2 Å². The number of carbonyl (C=O) groups excluding carboxylic acids is 2. The van der Waals surface area contributed by atoms with Gasteiger partial charge in [0.15, 0.2) is 17.1 Å². The number of alkyl halides is 1. The number of carbonyl (C=O) groups is 2. The third-order valence-electron chi connectivity index (χ3n) is 10.8. The Labute approximate surface area is 214 Å². The van der Waals surface area contributed by atoms with Crippen molar-refractivity contribution in [2.75, 3.05) is 18.6 Å². The van der Waals surface area contributed by atoms with E-state index < -0.39 is 11.0 Å². The summed E-state index contributed by atoms with van der Waals surface area (Å²) >= 11 is 2.45. The summed E-state index contributed by atoms with van der Waals surface area (Å²) in [5.74, 6) is 2.29. The molecule has 1 N–H and O–H groups in total. The van der Waals surface area contributed by atoms with E-state index in [-0.39, 0.29) is 40.2 Å². The van der Waals surface area contributed by atoms with E-state index in [1.165, 1.54) is 11.1 Å². The Kier molecular flexibility index (Phi) is 4.18. The molecule has 4 saturated carbocycles. The molecule has 6 nitrogen and oxygen atoms in total. The maximum Gasteiger partial charge on any atom is 0.223 e. The third-order valence-corrected chi connectivity index (χ3v) is 11.9. The van der Waals surface area contributed by atoms with Gasteiger partial charge in [0.05, 0.1) is 12.5 Å². The van der Waals surface area contributed by atoms with Crippen molar-refractivity contribution in [1.82, 2.24) is 5.32 Å². The van der Waals surface area contributed by atoms with Gasteiger partial charge >= 0.3 is 0 Å². The fraction of sp³-hybridized carbons (Fsp3) is 0.704. The molecule has 0 saturated heterocycles. The highest BCUT2D eigenvalue weighted by molar-refractivity contribution is 14.1. The normalized spacial score (nSPS) is 46.6. The summed E-state index contributed by atoms with van der Waals surface area (Å²) < 4.78 is 19.8. The predicted octanol–water partition coefficient (Wildman–Crippen LogP) is 3.74. The number of hydrogen-bond acceptors (Lipinski definition) is 5. The second-order valence-corrected chi connectivity index (χ2v) is 12.8. The van der Waals surface area contributed by atoms with Crippen LogP contribution in [0.15, 0.2) is 12.1 Å². The maximum absolute atomic E-state index is 13.0. The number of nitrogens with one attached hydrogen (secondary N) is 1. The Hall–Kier alpha value is -1.35. The monoisotopic (exact) mass is 577 g/mol. The summed E-state index contributed by atoms with van der Waals surface area (Å²) in [7, 11) is 3.42. The molecule has 5 aliphatic carbocycles. The molecular weight excluding hydrogens is 545 g/mol. The van der Waals surface area contributed by atoms with Crippen molar-refractivity contribution in [1.29, 1.82) is 0 Å². The first-order valence-electron chi connectivity index (χ1n) is 12.6. The summed E-state index contributed by atoms with van der Waals surface area (Å²) in [6.45, 7) is 2.05. The van der Waals surface area contributed by atoms with Gasteiger partial charge in [0.1, 0.15) is 12.4 Å². The van der Waals surface area contributed by atoms with Crippen LogP contribution in [0.4, 0.5) is 0 Å². The largest absolute Gasteiger partial charge is 0.493 e. The van der Waals surface area contributed by atoms with E-state index in [0.29, 0.717) is 0 Å². The van der Waals surface area contributed by atoms with Crippen LogP contribution in [0, 0.1) is 22.7 Å². The molecule has 182 valence electrons. The van der Waals surface area contributed by atoms with Crippen LogP contribution in [0.2, 0.25) is 0 Å². The zero-order valence-electron chi connectivity index (χ0n) is 20.0. The summed E-state index contributed by atoms with van der Waals surface area (Å²) in [4.78, 5) is 25.7. The van der Waals surface area contributed by atoms with Gasteiger partial charge in [0.2, 0.25) is 5.91 Å². The highest BCUT2D eigenvalue weighted by Gasteiger charge is 2.86. The minimum atomic E-state index is -0.667. The third kappa shape index (κ3) is 2.16. The molecule has 6 aliphatic rings. The minimum Gasteiger partial charge on any atom is -0.493 e. The molecule has 4 fully saturated rings. The van der Waals surface area contributed by atoms with Crippen molar-refractivity contribution >= 4 is 34.8 Å². The van der Waals surface area contributed by atoms with Gasteiger partial charge in [0.25, 0.3) is 0 Å². The maximum atomic E-state index is 13.0. The van der Waals surface area contributed by atoms with E-state index in [4.69, 9.17) is 14.2 Å². The van der Waals surface area contributed by atoms with Gasteiger partial charge in [-0.25, -0.2) is 0 Å². The molecule has 7 heteroatoms. The van der Waals surface area contributed by atoms with E-state index in [2.05, 4.69) is 34.0 Å². The van der Waals surface area contributed by atoms with Crippen molar-refractivity contribution in [2.24, 2.45) is 22.7 Å². The molecule has 0 radical (unpaired) electrons. The molecule has 1 amide bonds. The van der Waals surface area contributed by atoms with Gasteiger partial charge < -0.3 is 24.3 Å². The predicted molar refractivity (Wildman–Crippen MR) is 134 cm³/mol. The highest BCUT2D eigenvalue weighted by Crippen LogP contribution is 2.83. The fourth-order valence-corrected chi connectivity index (χ4v) is 10.5. The van der Waals surface area contributed by atoms with E-state index in [1.807, 2.05) is 13.0 Å². The fourth-order valence-electron chi connectivity index (χ4n) is 9.27. The number of hydrogen-bond donors (Lipinski definition) is 1. The van der Waals surface area contributed by atoms with Crippen LogP contribution >= 0.6 is 22.6 Å². The first kappa shape index (κ1) is 21.9. The van der Waals surface area contributed by atoms with Gasteiger partial charge in [-0.1, -0.05) is 35.6 Å². The van der Waals surface area contributed by atoms with Gasteiger partial charge in [-0.2, -0.15) is 0 Å². The van der Waals surface area contributed by atoms with Gasteiger partial charge in [-0.3, -0.25) is 4.79 Å². The molecule has 1 aromatic rings. The van der Waals surface area contributed by atoms with Crippen molar-refractivity contribution in [3.63, 3.8) is 0 Å². The quantitative estimate of drug-likeness (QED) is 0.317. The Balaban J connectivity index is 1.48. The molecule has 7 rings (SSSR count). The first-order valence-corrected chi connectivity index (χ1v) is 14.1. The average Bonchev–Trinajstić information content (AvgIpc) is 3.74. The van der Waals surface area contributed by atoms with Crippen molar-refractivity contribution in [3.05, 3.63) is 23.3 Å². The Morgan fingerprint density at radius 2 is 2.09 bits per heavy atom. The van der Waals surface area contributed by atoms with Crippen LogP contribution in [0.5, 0.6) is 11.5 Å². The molecule has 2 bridgehead atoms. The lowest BCUT2D eigenvalue weighted by Gasteiger charge is -2.65. The van der Waals surface area contributed by atoms with E-state index >= 15 is 0 Å². The number of rotatable bonds is 6. The van der Waals surface area contributed by atoms with Crippen molar-refractivity contribution in [2.45, 2.75) is 74.5 Å². The van der Waals surface area contributed by atoms with Crippen LogP contribution < -0.4 is 14.8 Å². The molecule has 1 aliphatic heterocycles. The number of aldehydes is 1. The second kappa shape index (κ2) is 6.50. The van der Waals surface area contributed by atoms with Crippen molar-refractivity contribution < 1.29 is 23.8 Å². The molecule has 1 heterocycles. The summed E-state index contributed by atoms with van der Waals surface area (Å²) in [6, 6.07) is 4.25. The van der Waals surface area contributed by atoms with E-state index in [9.17, 15) is 9.59 Å². The second-order valence-electron chi connectivity index (χ2n) is 12.1. The number of amides is 1. The summed E-state index contributed by atoms with van der Waals surface area (Å²) in [5.41, 5.74) is 0.842. The minimum absolute atomic E-state index is 0.0393. The zero-order valence-corrected chi connectivity index (χ0v) is 22.2. The smallest absolute Gasteiger partial charge is 0.223 e. The van der Waals surface area contributed by atoms with Crippen molar-refractivity contribution in [3.8, 4) is 11.5 Å². The standard InChI is InChI=1S/C27H32INO5/c1-23(14-30)11-18-24-10-16-6-7-17(32-2)20-19(16)26(18,27(13-28,34-20)22(23)33-3)9-8-25(24,12-24)29-21(31)15-4-5-15/h6-7,14-15,18,22H,4-5,8-13H2,1-3H3,(H,29,31)/t18?,22?,23-,24?,25?,26+,27-/m1/s1. The Morgan fingerprint density at radius 1 is 1.29 bits per heavy atom. The van der Waals surface area contributed by atoms with Crippen LogP contribution in [0.25, 0.3) is 0 Å². The van der Waals surface area contributed by atoms with Crippen LogP contribution in [0.3, 0.4) is 0 Å². The lowest BCUT2D eigenvalue weighted by atomic mass is 9.40. The summed E-state index contributed by atoms with van der Waals surface area (Å²) in [5, 5.41) is 3.57. The lowest BCUT2D eigenvalue weighted by Crippen LogP contribution is -2.76. The molecule has 7 atom stereocenters. The molecule has 4 unspecified atom stereocenters. The number of methoxy groups -OCH3 is 2. The van der Waals surface area contributed by atoms with Gasteiger partial charge in [-0.05, 0) is 62.5 Å². The number of benzene rings is 1. The zero-order chi connectivity index (χ0) is 23.7. The van der Waals surface area contributed by atoms with Gasteiger partial charge in [-0.15, -0.1) is 0 Å². The Bertz CT molecular complexity index is 1140. The molecule has 2 spiro atoms. The number of ether oxygens (including phenoxy) is 3. The molecule has 1 aromatic carbocycles. The summed E-state index contributed by atoms with van der Waals surface area (Å²) in [6.07, 6.45) is 7.33. The van der Waals surface area contributed by atoms with Crippen LogP contribution in [-0.2, 0) is 26.2 Å². The first-order chi connectivity index (χ1) is 16.3. The van der Waals surface area contributed by atoms with Crippen LogP contribution in [-0.4, -0.2) is 48.1 Å². The molecule has 34 heavy (non-hydrogen) atoms. The van der Waals surface area contributed by atoms with Gasteiger partial charge in [0, 0.05) is 39.4 Å². The number of halogens is 1. The lowest BCUT2D eigenvalue weighted by molar-refractivity contribution is -0.209. The van der Waals surface area contributed by atoms with E-state index in [0.717, 1.165) is 67.2 Å².